The summed E-state index contributed by atoms with van der Waals surface area (Å²) in [4.78, 5) is 0. The van der Waals surface area contributed by atoms with Crippen molar-refractivity contribution in [1.82, 2.24) is 10.6 Å². The molecule has 2 aromatic rings. The lowest BCUT2D eigenvalue weighted by atomic mass is 9.82. The van der Waals surface area contributed by atoms with Crippen LogP contribution in [0, 0.1) is 0 Å². The summed E-state index contributed by atoms with van der Waals surface area (Å²) in [5, 5.41) is 7.44. The van der Waals surface area contributed by atoms with E-state index in [4.69, 9.17) is 21.7 Å². The summed E-state index contributed by atoms with van der Waals surface area (Å²) in [6.45, 7) is 0. The number of hydrogen-bond acceptors (Lipinski definition) is 3. The van der Waals surface area contributed by atoms with Gasteiger partial charge in [0.1, 0.15) is 11.5 Å². The molecule has 0 radical (unpaired) electrons. The highest BCUT2D eigenvalue weighted by Crippen LogP contribution is 2.41. The molecule has 0 fully saturated rings. The SMILES string of the molecule is COc1ccc(C2NC(=S)NC3=C2CCc2c(OC)cccc23)cc1. The van der Waals surface area contributed by atoms with Gasteiger partial charge in [-0.15, -0.1) is 0 Å². The lowest BCUT2D eigenvalue weighted by Gasteiger charge is -2.36. The van der Waals surface area contributed by atoms with Gasteiger partial charge in [-0.2, -0.15) is 0 Å². The maximum Gasteiger partial charge on any atom is 0.171 e. The maximum absolute atomic E-state index is 5.54. The predicted octanol–water partition coefficient (Wildman–Crippen LogP) is 3.58. The molecular formula is C20H20N2O2S. The van der Waals surface area contributed by atoms with Gasteiger partial charge in [-0.25, -0.2) is 0 Å². The van der Waals surface area contributed by atoms with E-state index in [1.165, 1.54) is 22.3 Å². The van der Waals surface area contributed by atoms with Gasteiger partial charge in [-0.3, -0.25) is 0 Å². The van der Waals surface area contributed by atoms with E-state index < -0.39 is 0 Å². The van der Waals surface area contributed by atoms with Crippen LogP contribution in [0.15, 0.2) is 48.0 Å². The molecular weight excluding hydrogens is 332 g/mol. The summed E-state index contributed by atoms with van der Waals surface area (Å²) >= 11 is 5.48. The Labute approximate surface area is 152 Å². The van der Waals surface area contributed by atoms with Crippen molar-refractivity contribution in [3.05, 3.63) is 64.7 Å². The zero-order valence-corrected chi connectivity index (χ0v) is 15.1. The van der Waals surface area contributed by atoms with Gasteiger partial charge in [0.15, 0.2) is 5.11 Å². The predicted molar refractivity (Wildman–Crippen MR) is 103 cm³/mol. The molecule has 5 heteroatoms. The Bertz CT molecular complexity index is 858. The minimum absolute atomic E-state index is 0.0778. The third-order valence-corrected chi connectivity index (χ3v) is 5.12. The minimum atomic E-state index is 0.0778. The number of ether oxygens (including phenoxy) is 2. The average molecular weight is 352 g/mol. The highest BCUT2D eigenvalue weighted by atomic mass is 32.1. The maximum atomic E-state index is 5.54. The van der Waals surface area contributed by atoms with Crippen LogP contribution in [0.2, 0.25) is 0 Å². The highest BCUT2D eigenvalue weighted by Gasteiger charge is 2.31. The van der Waals surface area contributed by atoms with Crippen LogP contribution >= 0.6 is 12.2 Å². The standard InChI is InChI=1S/C20H20N2O2S/c1-23-13-8-6-12(7-9-13)18-16-11-10-14-15(4-3-5-17(14)24-2)19(16)22-20(25)21-18/h3-9,18H,10-11H2,1-2H3,(H2,21,22,25). The molecule has 25 heavy (non-hydrogen) atoms. The molecule has 1 atom stereocenters. The molecule has 128 valence electrons. The molecule has 0 amide bonds. The van der Waals surface area contributed by atoms with E-state index in [2.05, 4.69) is 28.8 Å². The molecule has 2 N–H and O–H groups in total. The molecule has 0 spiro atoms. The summed E-state index contributed by atoms with van der Waals surface area (Å²) in [7, 11) is 3.40. The fraction of sp³-hybridized carbons (Fsp3) is 0.250. The number of rotatable bonds is 3. The normalized spacial score (nSPS) is 18.6. The number of methoxy groups -OCH3 is 2. The average Bonchev–Trinajstić information content (AvgIpc) is 2.66. The third kappa shape index (κ3) is 2.74. The number of thiocarbonyl (C=S) groups is 1. The molecule has 1 heterocycles. The van der Waals surface area contributed by atoms with Crippen LogP contribution in [-0.2, 0) is 6.42 Å². The Hall–Kier alpha value is -2.53. The van der Waals surface area contributed by atoms with Gasteiger partial charge in [0, 0.05) is 16.8 Å². The van der Waals surface area contributed by atoms with Gasteiger partial charge in [0.2, 0.25) is 0 Å². The van der Waals surface area contributed by atoms with Crippen molar-refractivity contribution in [3.63, 3.8) is 0 Å². The Morgan fingerprint density at radius 3 is 2.52 bits per heavy atom. The topological polar surface area (TPSA) is 42.5 Å². The number of nitrogens with one attached hydrogen (secondary N) is 2. The number of fused-ring (bicyclic) bond motifs is 2. The summed E-state index contributed by atoms with van der Waals surface area (Å²) in [5.74, 6) is 1.80. The van der Waals surface area contributed by atoms with Crippen LogP contribution in [0.3, 0.4) is 0 Å². The van der Waals surface area contributed by atoms with E-state index in [0.29, 0.717) is 5.11 Å². The highest BCUT2D eigenvalue weighted by molar-refractivity contribution is 7.80. The molecule has 1 unspecified atom stereocenters. The van der Waals surface area contributed by atoms with Gasteiger partial charge >= 0.3 is 0 Å². The van der Waals surface area contributed by atoms with Crippen molar-refractivity contribution in [2.24, 2.45) is 0 Å². The van der Waals surface area contributed by atoms with Gasteiger partial charge in [-0.1, -0.05) is 24.3 Å². The third-order valence-electron chi connectivity index (χ3n) is 4.90. The largest absolute Gasteiger partial charge is 0.497 e. The molecule has 4 rings (SSSR count). The first-order chi connectivity index (χ1) is 12.2. The zero-order chi connectivity index (χ0) is 17.4. The van der Waals surface area contributed by atoms with Crippen LogP contribution in [0.1, 0.15) is 29.2 Å². The summed E-state index contributed by atoms with van der Waals surface area (Å²) in [6.07, 6.45) is 1.92. The molecule has 1 aliphatic carbocycles. The Kier molecular flexibility index (Phi) is 4.09. The first kappa shape index (κ1) is 16.0. The Balaban J connectivity index is 1.81. The summed E-state index contributed by atoms with van der Waals surface area (Å²) in [6, 6.07) is 14.4. The van der Waals surface area contributed by atoms with Crippen LogP contribution in [-0.4, -0.2) is 19.3 Å². The van der Waals surface area contributed by atoms with E-state index in [1.54, 1.807) is 14.2 Å². The Morgan fingerprint density at radius 1 is 1.00 bits per heavy atom. The zero-order valence-electron chi connectivity index (χ0n) is 14.3. The van der Waals surface area contributed by atoms with Gasteiger partial charge in [0.25, 0.3) is 0 Å². The summed E-state index contributed by atoms with van der Waals surface area (Å²) in [5.41, 5.74) is 6.06. The van der Waals surface area contributed by atoms with Crippen LogP contribution in [0.25, 0.3) is 5.70 Å². The molecule has 0 saturated heterocycles. The molecule has 1 aliphatic heterocycles. The van der Waals surface area contributed by atoms with Crippen molar-refractivity contribution in [2.45, 2.75) is 18.9 Å². The van der Waals surface area contributed by atoms with Crippen LogP contribution in [0.4, 0.5) is 0 Å². The van der Waals surface area contributed by atoms with E-state index in [-0.39, 0.29) is 6.04 Å². The molecule has 0 saturated carbocycles. The Morgan fingerprint density at radius 2 is 1.80 bits per heavy atom. The number of benzene rings is 2. The van der Waals surface area contributed by atoms with Crippen molar-refractivity contribution in [2.75, 3.05) is 14.2 Å². The first-order valence-electron chi connectivity index (χ1n) is 8.32. The van der Waals surface area contributed by atoms with Gasteiger partial charge < -0.3 is 20.1 Å². The van der Waals surface area contributed by atoms with Crippen molar-refractivity contribution in [3.8, 4) is 11.5 Å². The lowest BCUT2D eigenvalue weighted by molar-refractivity contribution is 0.408. The van der Waals surface area contributed by atoms with Crippen molar-refractivity contribution < 1.29 is 9.47 Å². The van der Waals surface area contributed by atoms with E-state index >= 15 is 0 Å². The lowest BCUT2D eigenvalue weighted by Crippen LogP contribution is -2.44. The van der Waals surface area contributed by atoms with E-state index in [0.717, 1.165) is 30.0 Å². The quantitative estimate of drug-likeness (QED) is 0.827. The monoisotopic (exact) mass is 352 g/mol. The van der Waals surface area contributed by atoms with Gasteiger partial charge in [0.05, 0.1) is 20.3 Å². The van der Waals surface area contributed by atoms with E-state index in [9.17, 15) is 0 Å². The molecule has 4 nitrogen and oxygen atoms in total. The smallest absolute Gasteiger partial charge is 0.171 e. The fourth-order valence-electron chi connectivity index (χ4n) is 3.69. The second kappa shape index (κ2) is 6.41. The van der Waals surface area contributed by atoms with Crippen molar-refractivity contribution in [1.29, 1.82) is 0 Å². The minimum Gasteiger partial charge on any atom is -0.497 e. The first-order valence-corrected chi connectivity index (χ1v) is 8.73. The van der Waals surface area contributed by atoms with E-state index in [1.807, 2.05) is 24.3 Å². The van der Waals surface area contributed by atoms with Gasteiger partial charge in [-0.05, 0) is 54.4 Å². The second-order valence-corrected chi connectivity index (χ2v) is 6.60. The number of hydrogen-bond donors (Lipinski definition) is 2. The second-order valence-electron chi connectivity index (χ2n) is 6.19. The molecule has 0 bridgehead atoms. The molecule has 2 aliphatic rings. The van der Waals surface area contributed by atoms with Crippen LogP contribution in [0.5, 0.6) is 11.5 Å². The van der Waals surface area contributed by atoms with Crippen LogP contribution < -0.4 is 20.1 Å². The molecule has 2 aromatic carbocycles. The molecule has 0 aromatic heterocycles. The fourth-order valence-corrected chi connectivity index (χ4v) is 3.91. The van der Waals surface area contributed by atoms with Crippen molar-refractivity contribution >= 4 is 23.0 Å². The summed E-state index contributed by atoms with van der Waals surface area (Å²) < 4.78 is 10.8.